The second-order valence-corrected chi connectivity index (χ2v) is 5.45. The molecule has 1 aromatic carbocycles. The first-order valence-corrected chi connectivity index (χ1v) is 6.81. The van der Waals surface area contributed by atoms with Crippen LogP contribution in [0.4, 0.5) is 5.69 Å². The Kier molecular flexibility index (Phi) is 5.03. The molecule has 6 heteroatoms. The molecular weight excluding hydrogens is 254 g/mol. The molecule has 0 saturated heterocycles. The van der Waals surface area contributed by atoms with Crippen molar-refractivity contribution in [2.24, 2.45) is 0 Å². The van der Waals surface area contributed by atoms with E-state index in [0.29, 0.717) is 5.69 Å². The molecule has 18 heavy (non-hydrogen) atoms. The molecule has 0 bridgehead atoms. The lowest BCUT2D eigenvalue weighted by Gasteiger charge is -2.08. The summed E-state index contributed by atoms with van der Waals surface area (Å²) in [5, 5.41) is 11.1. The largest absolute Gasteiger partial charge is 0.481 e. The Bertz CT molecular complexity index is 499. The summed E-state index contributed by atoms with van der Waals surface area (Å²) in [6.07, 6.45) is 0. The van der Waals surface area contributed by atoms with Gasteiger partial charge in [0.1, 0.15) is 11.5 Å². The molecule has 0 aromatic heterocycles. The van der Waals surface area contributed by atoms with E-state index in [9.17, 15) is 13.8 Å². The number of benzene rings is 1. The first-order chi connectivity index (χ1) is 8.38. The molecule has 0 aliphatic rings. The van der Waals surface area contributed by atoms with E-state index in [4.69, 9.17) is 5.11 Å². The Morgan fingerprint density at radius 2 is 1.94 bits per heavy atom. The monoisotopic (exact) mass is 269 g/mol. The number of aryl methyl sites for hydroxylation is 2. The van der Waals surface area contributed by atoms with Crippen molar-refractivity contribution in [1.82, 2.24) is 0 Å². The number of nitrogens with one attached hydrogen (secondary N) is 1. The van der Waals surface area contributed by atoms with Gasteiger partial charge < -0.3 is 10.4 Å². The van der Waals surface area contributed by atoms with E-state index in [1.807, 2.05) is 26.0 Å². The summed E-state index contributed by atoms with van der Waals surface area (Å²) in [6, 6.07) is 5.54. The van der Waals surface area contributed by atoms with Crippen LogP contribution in [0.15, 0.2) is 18.2 Å². The highest BCUT2D eigenvalue weighted by Crippen LogP contribution is 2.15. The molecule has 1 rings (SSSR count). The predicted molar refractivity (Wildman–Crippen MR) is 70.1 cm³/mol. The van der Waals surface area contributed by atoms with Gasteiger partial charge in [0.05, 0.1) is 0 Å². The number of anilines is 1. The smallest absolute Gasteiger partial charge is 0.316 e. The highest BCUT2D eigenvalue weighted by molar-refractivity contribution is 7.86. The highest BCUT2D eigenvalue weighted by Gasteiger charge is 2.12. The van der Waals surface area contributed by atoms with E-state index in [0.717, 1.165) is 11.1 Å². The Labute approximate surface area is 108 Å². The van der Waals surface area contributed by atoms with Crippen LogP contribution in [-0.2, 0) is 20.4 Å². The molecule has 1 atom stereocenters. The Morgan fingerprint density at radius 1 is 1.28 bits per heavy atom. The third-order valence-electron chi connectivity index (χ3n) is 2.23. The second kappa shape index (κ2) is 6.30. The van der Waals surface area contributed by atoms with Crippen LogP contribution >= 0.6 is 0 Å². The third kappa shape index (κ3) is 4.67. The van der Waals surface area contributed by atoms with Gasteiger partial charge in [0.2, 0.25) is 5.91 Å². The topological polar surface area (TPSA) is 83.5 Å². The molecule has 0 radical (unpaired) electrons. The molecule has 0 aliphatic carbocycles. The van der Waals surface area contributed by atoms with Crippen molar-refractivity contribution < 1.29 is 18.9 Å². The SMILES string of the molecule is Cc1ccc(NC(=O)CS(=O)CC(=O)O)c(C)c1. The van der Waals surface area contributed by atoms with Gasteiger partial charge in [-0.05, 0) is 25.5 Å². The molecule has 0 fully saturated rings. The number of hydrogen-bond acceptors (Lipinski definition) is 3. The van der Waals surface area contributed by atoms with Crippen LogP contribution in [0.2, 0.25) is 0 Å². The molecular formula is C12H15NO4S. The summed E-state index contributed by atoms with van der Waals surface area (Å²) in [5.74, 6) is -2.44. The van der Waals surface area contributed by atoms with Crippen LogP contribution < -0.4 is 5.32 Å². The molecule has 0 spiro atoms. The third-order valence-corrected chi connectivity index (χ3v) is 3.39. The van der Waals surface area contributed by atoms with E-state index < -0.39 is 28.4 Å². The maximum Gasteiger partial charge on any atom is 0.316 e. The fourth-order valence-electron chi connectivity index (χ4n) is 1.48. The van der Waals surface area contributed by atoms with E-state index >= 15 is 0 Å². The van der Waals surface area contributed by atoms with Gasteiger partial charge in [0.25, 0.3) is 0 Å². The molecule has 0 saturated carbocycles. The summed E-state index contributed by atoms with van der Waals surface area (Å²) in [4.78, 5) is 21.9. The highest BCUT2D eigenvalue weighted by atomic mass is 32.2. The number of aliphatic carboxylic acids is 1. The normalized spacial score (nSPS) is 11.9. The van der Waals surface area contributed by atoms with Crippen LogP contribution in [0, 0.1) is 13.8 Å². The molecule has 98 valence electrons. The zero-order chi connectivity index (χ0) is 13.7. The lowest BCUT2D eigenvalue weighted by Crippen LogP contribution is -2.23. The second-order valence-electron chi connectivity index (χ2n) is 3.99. The Hall–Kier alpha value is -1.69. The van der Waals surface area contributed by atoms with E-state index in [2.05, 4.69) is 5.32 Å². The van der Waals surface area contributed by atoms with E-state index in [1.54, 1.807) is 6.07 Å². The minimum atomic E-state index is -1.68. The number of carbonyl (C=O) groups excluding carboxylic acids is 1. The lowest BCUT2D eigenvalue weighted by atomic mass is 10.1. The van der Waals surface area contributed by atoms with Crippen LogP contribution in [0.1, 0.15) is 11.1 Å². The fraction of sp³-hybridized carbons (Fsp3) is 0.333. The number of hydrogen-bond donors (Lipinski definition) is 2. The Morgan fingerprint density at radius 3 is 2.50 bits per heavy atom. The first-order valence-electron chi connectivity index (χ1n) is 5.32. The van der Waals surface area contributed by atoms with E-state index in [1.165, 1.54) is 0 Å². The zero-order valence-electron chi connectivity index (χ0n) is 10.2. The summed E-state index contributed by atoms with van der Waals surface area (Å²) in [6.45, 7) is 3.80. The van der Waals surface area contributed by atoms with Gasteiger partial charge in [-0.15, -0.1) is 0 Å². The summed E-state index contributed by atoms with van der Waals surface area (Å²) in [7, 11) is -1.68. The maximum absolute atomic E-state index is 11.5. The van der Waals surface area contributed by atoms with Gasteiger partial charge >= 0.3 is 5.97 Å². The number of amides is 1. The molecule has 1 aromatic rings. The quantitative estimate of drug-likeness (QED) is 0.837. The van der Waals surface area contributed by atoms with Crippen molar-refractivity contribution in [2.75, 3.05) is 16.8 Å². The lowest BCUT2D eigenvalue weighted by molar-refractivity contribution is -0.133. The number of carbonyl (C=O) groups is 2. The van der Waals surface area contributed by atoms with Crippen LogP contribution in [0.5, 0.6) is 0 Å². The number of carboxylic acid groups (broad SMARTS) is 1. The van der Waals surface area contributed by atoms with Crippen molar-refractivity contribution in [3.63, 3.8) is 0 Å². The van der Waals surface area contributed by atoms with Gasteiger partial charge in [-0.1, -0.05) is 17.7 Å². The standard InChI is InChI=1S/C12H15NO4S/c1-8-3-4-10(9(2)5-8)13-11(14)6-18(17)7-12(15)16/h3-5H,6-7H2,1-2H3,(H,13,14)(H,15,16). The number of rotatable bonds is 5. The van der Waals surface area contributed by atoms with Gasteiger partial charge in [0, 0.05) is 16.5 Å². The predicted octanol–water partition coefficient (Wildman–Crippen LogP) is 1.08. The maximum atomic E-state index is 11.5. The van der Waals surface area contributed by atoms with Crippen molar-refractivity contribution in [2.45, 2.75) is 13.8 Å². The fourth-order valence-corrected chi connectivity index (χ4v) is 2.22. The van der Waals surface area contributed by atoms with Crippen molar-refractivity contribution in [1.29, 1.82) is 0 Å². The number of carboxylic acids is 1. The van der Waals surface area contributed by atoms with Gasteiger partial charge in [-0.2, -0.15) is 0 Å². The van der Waals surface area contributed by atoms with Crippen LogP contribution in [-0.4, -0.2) is 32.7 Å². The molecule has 2 N–H and O–H groups in total. The molecule has 0 heterocycles. The van der Waals surface area contributed by atoms with E-state index in [-0.39, 0.29) is 5.75 Å². The summed E-state index contributed by atoms with van der Waals surface area (Å²) < 4.78 is 11.3. The summed E-state index contributed by atoms with van der Waals surface area (Å²) in [5.41, 5.74) is 2.64. The average molecular weight is 269 g/mol. The average Bonchev–Trinajstić information content (AvgIpc) is 2.20. The van der Waals surface area contributed by atoms with Gasteiger partial charge in [0.15, 0.2) is 0 Å². The van der Waals surface area contributed by atoms with Crippen LogP contribution in [0.3, 0.4) is 0 Å². The Balaban J connectivity index is 2.59. The molecule has 0 aliphatic heterocycles. The zero-order valence-corrected chi connectivity index (χ0v) is 11.0. The van der Waals surface area contributed by atoms with Gasteiger partial charge in [-0.3, -0.25) is 13.8 Å². The molecule has 5 nitrogen and oxygen atoms in total. The molecule has 1 amide bonds. The summed E-state index contributed by atoms with van der Waals surface area (Å²) >= 11 is 0. The first kappa shape index (κ1) is 14.4. The minimum absolute atomic E-state index is 0.306. The van der Waals surface area contributed by atoms with Crippen molar-refractivity contribution in [3.05, 3.63) is 29.3 Å². The van der Waals surface area contributed by atoms with Crippen LogP contribution in [0.25, 0.3) is 0 Å². The minimum Gasteiger partial charge on any atom is -0.481 e. The van der Waals surface area contributed by atoms with Gasteiger partial charge in [-0.25, -0.2) is 0 Å². The molecule has 1 unspecified atom stereocenters. The van der Waals surface area contributed by atoms with Crippen molar-refractivity contribution in [3.8, 4) is 0 Å². The van der Waals surface area contributed by atoms with Crippen molar-refractivity contribution >= 4 is 28.4 Å².